The van der Waals surface area contributed by atoms with E-state index in [4.69, 9.17) is 16.0 Å². The number of benzene rings is 3. The van der Waals surface area contributed by atoms with E-state index in [0.717, 1.165) is 16.3 Å². The lowest BCUT2D eigenvalue weighted by Crippen LogP contribution is -1.88. The predicted octanol–water partition coefficient (Wildman–Crippen LogP) is 5.52. The lowest BCUT2D eigenvalue weighted by atomic mass is 10.0. The highest BCUT2D eigenvalue weighted by Gasteiger charge is 2.17. The molecule has 0 spiro atoms. The molecule has 0 aliphatic heterocycles. The van der Waals surface area contributed by atoms with Gasteiger partial charge in [-0.15, -0.1) is 0 Å². The van der Waals surface area contributed by atoms with Crippen LogP contribution in [0.25, 0.3) is 33.3 Å². The average molecular weight is 339 g/mol. The molecule has 118 valence electrons. The summed E-state index contributed by atoms with van der Waals surface area (Å²) in [5.74, 6) is 0.418. The fourth-order valence-corrected chi connectivity index (χ4v) is 3.10. The predicted molar refractivity (Wildman–Crippen MR) is 93.4 cm³/mol. The smallest absolute Gasteiger partial charge is 0.272 e. The van der Waals surface area contributed by atoms with Gasteiger partial charge in [0.05, 0.1) is 4.92 Å². The van der Waals surface area contributed by atoms with Crippen LogP contribution in [-0.2, 0) is 0 Å². The van der Waals surface area contributed by atoms with E-state index in [1.165, 1.54) is 12.1 Å². The summed E-state index contributed by atoms with van der Waals surface area (Å²) in [5.41, 5.74) is 2.50. The minimum atomic E-state index is -0.432. The third-order valence-electron chi connectivity index (χ3n) is 3.97. The van der Waals surface area contributed by atoms with Gasteiger partial charge in [-0.3, -0.25) is 10.1 Å². The number of nitro benzene ring substituents is 1. The van der Waals surface area contributed by atoms with Crippen molar-refractivity contribution in [1.29, 1.82) is 0 Å². The fourth-order valence-electron chi connectivity index (χ4n) is 2.86. The summed E-state index contributed by atoms with van der Waals surface area (Å²) in [6.07, 6.45) is 0. The SMILES string of the molecule is Cc1cc([N+](=O)[O-])cc2nc(-c3cccc4c(Cl)cccc34)oc12. The normalized spacial score (nSPS) is 11.2. The number of non-ortho nitro benzene ring substituents is 1. The van der Waals surface area contributed by atoms with Gasteiger partial charge in [0.1, 0.15) is 5.52 Å². The zero-order valence-electron chi connectivity index (χ0n) is 12.6. The molecule has 4 aromatic rings. The van der Waals surface area contributed by atoms with Crippen LogP contribution in [0.5, 0.6) is 0 Å². The van der Waals surface area contributed by atoms with Gasteiger partial charge < -0.3 is 4.42 Å². The molecule has 1 aromatic heterocycles. The molecule has 0 bridgehead atoms. The molecule has 24 heavy (non-hydrogen) atoms. The van der Waals surface area contributed by atoms with Crippen LogP contribution in [0.4, 0.5) is 5.69 Å². The van der Waals surface area contributed by atoms with Crippen LogP contribution < -0.4 is 0 Å². The van der Waals surface area contributed by atoms with Crippen LogP contribution >= 0.6 is 11.6 Å². The molecule has 3 aromatic carbocycles. The molecule has 0 N–H and O–H groups in total. The highest BCUT2D eigenvalue weighted by atomic mass is 35.5. The Kier molecular flexibility index (Phi) is 3.25. The quantitative estimate of drug-likeness (QED) is 0.356. The highest BCUT2D eigenvalue weighted by molar-refractivity contribution is 6.35. The number of nitro groups is 1. The first kappa shape index (κ1) is 14.7. The number of oxazole rings is 1. The van der Waals surface area contributed by atoms with Crippen molar-refractivity contribution in [2.75, 3.05) is 0 Å². The van der Waals surface area contributed by atoms with Gasteiger partial charge in [0, 0.05) is 33.7 Å². The van der Waals surface area contributed by atoms with Gasteiger partial charge in [0.15, 0.2) is 5.58 Å². The van der Waals surface area contributed by atoms with E-state index >= 15 is 0 Å². The van der Waals surface area contributed by atoms with Crippen molar-refractivity contribution in [3.05, 3.63) is 69.2 Å². The molecule has 1 heterocycles. The molecular formula is C18H11ClN2O3. The molecule has 0 aliphatic carbocycles. The number of nitrogens with zero attached hydrogens (tertiary/aromatic N) is 2. The van der Waals surface area contributed by atoms with Gasteiger partial charge >= 0.3 is 0 Å². The zero-order chi connectivity index (χ0) is 16.8. The molecule has 0 radical (unpaired) electrons. The van der Waals surface area contributed by atoms with E-state index in [9.17, 15) is 10.1 Å². The molecule has 0 unspecified atom stereocenters. The van der Waals surface area contributed by atoms with Gasteiger partial charge in [-0.2, -0.15) is 0 Å². The molecule has 0 aliphatic rings. The topological polar surface area (TPSA) is 69.2 Å². The first-order valence-electron chi connectivity index (χ1n) is 7.28. The van der Waals surface area contributed by atoms with Gasteiger partial charge in [0.2, 0.25) is 5.89 Å². The number of halogens is 1. The van der Waals surface area contributed by atoms with Crippen LogP contribution in [0.3, 0.4) is 0 Å². The van der Waals surface area contributed by atoms with Crippen molar-refractivity contribution < 1.29 is 9.34 Å². The maximum absolute atomic E-state index is 11.0. The maximum Gasteiger partial charge on any atom is 0.272 e. The summed E-state index contributed by atoms with van der Waals surface area (Å²) in [4.78, 5) is 15.0. The first-order valence-corrected chi connectivity index (χ1v) is 7.65. The van der Waals surface area contributed by atoms with Crippen molar-refractivity contribution >= 4 is 39.2 Å². The molecule has 0 saturated heterocycles. The van der Waals surface area contributed by atoms with Crippen molar-refractivity contribution in [3.8, 4) is 11.5 Å². The number of aromatic nitrogens is 1. The summed E-state index contributed by atoms with van der Waals surface area (Å²) < 4.78 is 5.89. The Morgan fingerprint density at radius 3 is 2.67 bits per heavy atom. The summed E-state index contributed by atoms with van der Waals surface area (Å²) in [7, 11) is 0. The van der Waals surface area contributed by atoms with Gasteiger partial charge in [-0.1, -0.05) is 35.9 Å². The lowest BCUT2D eigenvalue weighted by molar-refractivity contribution is -0.384. The van der Waals surface area contributed by atoms with Crippen molar-refractivity contribution in [2.45, 2.75) is 6.92 Å². The summed E-state index contributed by atoms with van der Waals surface area (Å²) >= 11 is 6.25. The van der Waals surface area contributed by atoms with Crippen LogP contribution in [0.15, 0.2) is 52.9 Å². The Hall–Kier alpha value is -2.92. The lowest BCUT2D eigenvalue weighted by Gasteiger charge is -2.04. The van der Waals surface area contributed by atoms with Gasteiger partial charge in [-0.05, 0) is 24.4 Å². The zero-order valence-corrected chi connectivity index (χ0v) is 13.4. The second kappa shape index (κ2) is 5.32. The summed E-state index contributed by atoms with van der Waals surface area (Å²) in [5, 5.41) is 13.5. The van der Waals surface area contributed by atoms with E-state index in [2.05, 4.69) is 4.98 Å². The van der Waals surface area contributed by atoms with Crippen LogP contribution in [0, 0.1) is 17.0 Å². The average Bonchev–Trinajstić information content (AvgIpc) is 2.99. The number of hydrogen-bond acceptors (Lipinski definition) is 4. The Labute approximate surface area is 141 Å². The third kappa shape index (κ3) is 2.21. The van der Waals surface area contributed by atoms with Crippen LogP contribution in [-0.4, -0.2) is 9.91 Å². The molecule has 0 atom stereocenters. The second-order valence-corrected chi connectivity index (χ2v) is 5.93. The number of aryl methyl sites for hydroxylation is 1. The Morgan fingerprint density at radius 2 is 1.88 bits per heavy atom. The molecule has 0 fully saturated rings. The van der Waals surface area contributed by atoms with Gasteiger partial charge in [0.25, 0.3) is 5.69 Å². The molecule has 0 amide bonds. The second-order valence-electron chi connectivity index (χ2n) is 5.53. The standard InChI is InChI=1S/C18H11ClN2O3/c1-10-8-11(21(22)23)9-16-17(10)24-18(20-16)14-6-2-5-13-12(14)4-3-7-15(13)19/h2-9H,1H3. The van der Waals surface area contributed by atoms with Crippen molar-refractivity contribution in [3.63, 3.8) is 0 Å². The number of hydrogen-bond donors (Lipinski definition) is 0. The minimum Gasteiger partial charge on any atom is -0.436 e. The summed E-state index contributed by atoms with van der Waals surface area (Å²) in [6, 6.07) is 14.3. The fraction of sp³-hybridized carbons (Fsp3) is 0.0556. The molecule has 5 nitrogen and oxygen atoms in total. The minimum absolute atomic E-state index is 0.000754. The molecule has 6 heteroatoms. The third-order valence-corrected chi connectivity index (χ3v) is 4.30. The number of fused-ring (bicyclic) bond motifs is 2. The van der Waals surface area contributed by atoms with Gasteiger partial charge in [-0.25, -0.2) is 4.98 Å². The van der Waals surface area contributed by atoms with Crippen LogP contribution in [0.2, 0.25) is 5.02 Å². The first-order chi connectivity index (χ1) is 11.5. The van der Waals surface area contributed by atoms with E-state index in [0.29, 0.717) is 27.6 Å². The van der Waals surface area contributed by atoms with E-state index < -0.39 is 4.92 Å². The largest absolute Gasteiger partial charge is 0.436 e. The van der Waals surface area contributed by atoms with E-state index in [1.54, 1.807) is 6.92 Å². The van der Waals surface area contributed by atoms with E-state index in [1.807, 2.05) is 36.4 Å². The highest BCUT2D eigenvalue weighted by Crippen LogP contribution is 2.35. The number of rotatable bonds is 2. The maximum atomic E-state index is 11.0. The molecular weight excluding hydrogens is 328 g/mol. The van der Waals surface area contributed by atoms with Crippen molar-refractivity contribution in [2.24, 2.45) is 0 Å². The Bertz CT molecular complexity index is 1120. The Morgan fingerprint density at radius 1 is 1.12 bits per heavy atom. The molecule has 4 rings (SSSR count). The Balaban J connectivity index is 1.99. The van der Waals surface area contributed by atoms with E-state index in [-0.39, 0.29) is 5.69 Å². The molecule has 0 saturated carbocycles. The monoisotopic (exact) mass is 338 g/mol. The van der Waals surface area contributed by atoms with Crippen molar-refractivity contribution in [1.82, 2.24) is 4.98 Å². The summed E-state index contributed by atoms with van der Waals surface area (Å²) in [6.45, 7) is 1.77. The van der Waals surface area contributed by atoms with Crippen LogP contribution in [0.1, 0.15) is 5.56 Å².